The first-order chi connectivity index (χ1) is 6.61. The van der Waals surface area contributed by atoms with Crippen molar-refractivity contribution < 1.29 is 19.1 Å². The van der Waals surface area contributed by atoms with Gasteiger partial charge in [0.25, 0.3) is 0 Å². The normalized spacial score (nSPS) is 10.7. The van der Waals surface area contributed by atoms with Crippen LogP contribution in [0.4, 0.5) is 4.79 Å². The third-order valence-electron chi connectivity index (χ3n) is 1.21. The monoisotopic (exact) mass is 202 g/mol. The lowest BCUT2D eigenvalue weighted by atomic mass is 10.3. The highest BCUT2D eigenvalue weighted by Gasteiger charge is 2.15. The first kappa shape index (κ1) is 12.0. The quantitative estimate of drug-likeness (QED) is 0.310. The molecule has 0 aliphatic carbocycles. The van der Waals surface area contributed by atoms with E-state index >= 15 is 0 Å². The van der Waals surface area contributed by atoms with Gasteiger partial charge in [0, 0.05) is 4.91 Å². The van der Waals surface area contributed by atoms with Crippen molar-refractivity contribution in [1.82, 2.24) is 5.32 Å². The number of ether oxygens (including phenoxy) is 2. The second-order valence-electron chi connectivity index (χ2n) is 2.18. The van der Waals surface area contributed by atoms with E-state index in [-0.39, 0.29) is 0 Å². The first-order valence-electron chi connectivity index (χ1n) is 3.63. The van der Waals surface area contributed by atoms with E-state index in [0.717, 1.165) is 0 Å². The molecule has 0 aliphatic rings. The highest BCUT2D eigenvalue weighted by atomic mass is 16.6. The van der Waals surface area contributed by atoms with Crippen LogP contribution in [-0.2, 0) is 14.3 Å². The van der Waals surface area contributed by atoms with Gasteiger partial charge in [-0.15, -0.1) is 0 Å². The van der Waals surface area contributed by atoms with Gasteiger partial charge in [-0.1, -0.05) is 5.11 Å². The van der Waals surface area contributed by atoms with Gasteiger partial charge in [-0.2, -0.15) is 0 Å². The summed E-state index contributed by atoms with van der Waals surface area (Å²) < 4.78 is 8.72. The summed E-state index contributed by atoms with van der Waals surface area (Å²) in [4.78, 5) is 24.0. The smallest absolute Gasteiger partial charge is 0.407 e. The van der Waals surface area contributed by atoms with Crippen molar-refractivity contribution in [2.24, 2.45) is 5.11 Å². The molecule has 0 saturated heterocycles. The average Bonchev–Trinajstić information content (AvgIpc) is 2.16. The second kappa shape index (κ2) is 6.55. The molecule has 8 nitrogen and oxygen atoms in total. The molecule has 1 amide bonds. The molecule has 0 aromatic carbocycles. The summed E-state index contributed by atoms with van der Waals surface area (Å²) in [5.74, 6) is -0.592. The minimum absolute atomic E-state index is 0.420. The molecule has 0 rings (SSSR count). The van der Waals surface area contributed by atoms with Crippen molar-refractivity contribution in [2.45, 2.75) is 13.0 Å². The fourth-order valence-corrected chi connectivity index (χ4v) is 0.567. The molecular formula is C6H10N4O4. The van der Waals surface area contributed by atoms with E-state index in [4.69, 9.17) is 5.53 Å². The predicted molar refractivity (Wildman–Crippen MR) is 45.1 cm³/mol. The molecule has 8 heteroatoms. The van der Waals surface area contributed by atoms with Gasteiger partial charge >= 0.3 is 12.1 Å². The van der Waals surface area contributed by atoms with Crippen LogP contribution in [0.1, 0.15) is 6.92 Å². The maximum atomic E-state index is 10.8. The fourth-order valence-electron chi connectivity index (χ4n) is 0.567. The van der Waals surface area contributed by atoms with Gasteiger partial charge in [0.05, 0.1) is 7.11 Å². The van der Waals surface area contributed by atoms with Crippen molar-refractivity contribution in [3.8, 4) is 0 Å². The summed E-state index contributed by atoms with van der Waals surface area (Å²) in [6.45, 7) is 1.01. The Balaban J connectivity index is 3.82. The van der Waals surface area contributed by atoms with E-state index in [2.05, 4.69) is 24.8 Å². The zero-order valence-corrected chi connectivity index (χ0v) is 7.76. The zero-order chi connectivity index (χ0) is 11.0. The molecule has 0 spiro atoms. The Labute approximate surface area is 79.8 Å². The van der Waals surface area contributed by atoms with Gasteiger partial charge in [0.1, 0.15) is 6.04 Å². The Kier molecular flexibility index (Phi) is 5.64. The largest absolute Gasteiger partial charge is 0.467 e. The van der Waals surface area contributed by atoms with Crippen molar-refractivity contribution in [1.29, 1.82) is 0 Å². The Morgan fingerprint density at radius 3 is 2.79 bits per heavy atom. The van der Waals surface area contributed by atoms with Gasteiger partial charge in [-0.3, -0.25) is 0 Å². The molecule has 0 fully saturated rings. The van der Waals surface area contributed by atoms with Crippen molar-refractivity contribution >= 4 is 12.1 Å². The van der Waals surface area contributed by atoms with Crippen LogP contribution in [0.15, 0.2) is 5.11 Å². The topological polar surface area (TPSA) is 113 Å². The molecule has 0 saturated carbocycles. The van der Waals surface area contributed by atoms with Crippen molar-refractivity contribution in [3.05, 3.63) is 10.4 Å². The lowest BCUT2D eigenvalue weighted by molar-refractivity contribution is -0.142. The number of amides is 1. The van der Waals surface area contributed by atoms with Crippen LogP contribution >= 0.6 is 0 Å². The number of nitrogens with zero attached hydrogens (tertiary/aromatic N) is 3. The van der Waals surface area contributed by atoms with Crippen LogP contribution in [-0.4, -0.2) is 31.9 Å². The van der Waals surface area contributed by atoms with E-state index in [0.29, 0.717) is 0 Å². The molecule has 1 N–H and O–H groups in total. The van der Waals surface area contributed by atoms with Crippen LogP contribution < -0.4 is 5.32 Å². The van der Waals surface area contributed by atoms with E-state index < -0.39 is 24.8 Å². The van der Waals surface area contributed by atoms with E-state index in [1.165, 1.54) is 14.0 Å². The Morgan fingerprint density at radius 1 is 1.64 bits per heavy atom. The number of carbonyl (C=O) groups is 2. The molecule has 0 aliphatic heterocycles. The van der Waals surface area contributed by atoms with Gasteiger partial charge in [0.2, 0.25) is 0 Å². The highest BCUT2D eigenvalue weighted by molar-refractivity contribution is 5.80. The van der Waals surface area contributed by atoms with Gasteiger partial charge < -0.3 is 14.8 Å². The fraction of sp³-hybridized carbons (Fsp3) is 0.667. The Hall–Kier alpha value is -1.95. The SMILES string of the molecule is COC(=O)[C@H](C)NC(=O)OCN=[N+]=[N-]. The van der Waals surface area contributed by atoms with Crippen LogP contribution in [0.2, 0.25) is 0 Å². The van der Waals surface area contributed by atoms with E-state index in [1.807, 2.05) is 0 Å². The maximum Gasteiger partial charge on any atom is 0.407 e. The van der Waals surface area contributed by atoms with Crippen LogP contribution in [0.5, 0.6) is 0 Å². The Bertz CT molecular complexity index is 261. The summed E-state index contributed by atoms with van der Waals surface area (Å²) >= 11 is 0. The summed E-state index contributed by atoms with van der Waals surface area (Å²) in [7, 11) is 1.20. The number of methoxy groups -OCH3 is 1. The van der Waals surface area contributed by atoms with E-state index in [1.54, 1.807) is 0 Å². The molecule has 0 unspecified atom stereocenters. The number of hydrogen-bond acceptors (Lipinski definition) is 5. The van der Waals surface area contributed by atoms with Crippen LogP contribution in [0.3, 0.4) is 0 Å². The van der Waals surface area contributed by atoms with Crippen LogP contribution in [0.25, 0.3) is 10.4 Å². The lowest BCUT2D eigenvalue weighted by Gasteiger charge is -2.10. The van der Waals surface area contributed by atoms with E-state index in [9.17, 15) is 9.59 Å². The number of azide groups is 1. The Morgan fingerprint density at radius 2 is 2.29 bits per heavy atom. The number of hydrogen-bond donors (Lipinski definition) is 1. The van der Waals surface area contributed by atoms with Gasteiger partial charge in [0.15, 0.2) is 6.73 Å². The molecule has 0 aromatic heterocycles. The molecule has 0 radical (unpaired) electrons. The third kappa shape index (κ3) is 4.83. The lowest BCUT2D eigenvalue weighted by Crippen LogP contribution is -2.39. The second-order valence-corrected chi connectivity index (χ2v) is 2.18. The van der Waals surface area contributed by atoms with Gasteiger partial charge in [-0.25, -0.2) is 9.59 Å². The standard InChI is InChI=1S/C6H10N4O4/c1-4(5(11)13-2)9-6(12)14-3-8-10-7/h4H,3H2,1-2H3,(H,9,12)/t4-/m0/s1. The molecule has 0 aromatic rings. The number of esters is 1. The molecule has 14 heavy (non-hydrogen) atoms. The van der Waals surface area contributed by atoms with Crippen molar-refractivity contribution in [3.63, 3.8) is 0 Å². The number of rotatable bonds is 4. The molecular weight excluding hydrogens is 192 g/mol. The molecule has 78 valence electrons. The van der Waals surface area contributed by atoms with Crippen LogP contribution in [0, 0.1) is 0 Å². The molecule has 0 bridgehead atoms. The number of carbonyl (C=O) groups excluding carboxylic acids is 2. The number of nitrogens with one attached hydrogen (secondary N) is 1. The highest BCUT2D eigenvalue weighted by Crippen LogP contribution is 1.88. The average molecular weight is 202 g/mol. The molecule has 1 atom stereocenters. The summed E-state index contributed by atoms with van der Waals surface area (Å²) in [5, 5.41) is 5.14. The van der Waals surface area contributed by atoms with Gasteiger partial charge in [-0.05, 0) is 12.5 Å². The zero-order valence-electron chi connectivity index (χ0n) is 7.76. The summed E-state index contributed by atoms with van der Waals surface area (Å²) in [5.41, 5.74) is 7.86. The summed E-state index contributed by atoms with van der Waals surface area (Å²) in [6, 6.07) is -0.807. The molecule has 0 heterocycles. The minimum atomic E-state index is -0.852. The number of alkyl carbamates (subject to hydrolysis) is 1. The summed E-state index contributed by atoms with van der Waals surface area (Å²) in [6.07, 6.45) is -0.852. The maximum absolute atomic E-state index is 10.8. The minimum Gasteiger partial charge on any atom is -0.467 e. The predicted octanol–water partition coefficient (Wildman–Crippen LogP) is 0.542. The van der Waals surface area contributed by atoms with Crippen molar-refractivity contribution in [2.75, 3.05) is 13.8 Å². The third-order valence-corrected chi connectivity index (χ3v) is 1.21. The first-order valence-corrected chi connectivity index (χ1v) is 3.63.